The van der Waals surface area contributed by atoms with Crippen molar-refractivity contribution in [1.82, 2.24) is 10.6 Å². The van der Waals surface area contributed by atoms with Gasteiger partial charge in [-0.25, -0.2) is 14.4 Å². The third-order valence-electron chi connectivity index (χ3n) is 3.88. The summed E-state index contributed by atoms with van der Waals surface area (Å²) < 4.78 is 11.2. The molecule has 3 rings (SSSR count). The van der Waals surface area contributed by atoms with Crippen LogP contribution in [0.4, 0.5) is 4.79 Å². The van der Waals surface area contributed by atoms with Gasteiger partial charge in [-0.2, -0.15) is 0 Å². The highest BCUT2D eigenvalue weighted by atomic mass is 79.9. The normalized spacial score (nSPS) is 16.2. The fourth-order valence-corrected chi connectivity index (χ4v) is 3.87. The number of hydrogen-bond donors (Lipinski definition) is 2. The van der Waals surface area contributed by atoms with Gasteiger partial charge in [-0.3, -0.25) is 0 Å². The highest BCUT2D eigenvalue weighted by Gasteiger charge is 2.34. The second-order valence-corrected chi connectivity index (χ2v) is 7.64. The molecule has 0 radical (unpaired) electrons. The van der Waals surface area contributed by atoms with Crippen molar-refractivity contribution < 1.29 is 23.9 Å². The molecule has 0 spiro atoms. The lowest BCUT2D eigenvalue weighted by Gasteiger charge is -2.28. The summed E-state index contributed by atoms with van der Waals surface area (Å²) in [5.74, 6) is -1.15. The van der Waals surface area contributed by atoms with E-state index >= 15 is 0 Å². The Morgan fingerprint density at radius 2 is 2.00 bits per heavy atom. The fraction of sp³-hybridized carbons (Fsp3) is 0.211. The average molecular weight is 465 g/mol. The van der Waals surface area contributed by atoms with Crippen LogP contribution in [-0.4, -0.2) is 31.2 Å². The van der Waals surface area contributed by atoms with Gasteiger partial charge in [0, 0.05) is 9.35 Å². The zero-order valence-corrected chi connectivity index (χ0v) is 17.3. The first-order valence-electron chi connectivity index (χ1n) is 8.43. The third kappa shape index (κ3) is 4.60. The topological polar surface area (TPSA) is 93.7 Å². The number of nitrogens with one attached hydrogen (secondary N) is 2. The standard InChI is InChI=1S/C19H17BrN2O5S/c1-2-26-18(24)15-13(10-27-17(23)11-5-3-6-12(20)9-11)21-19(25)22-16(15)14-7-4-8-28-14/h3-9,16H,2,10H2,1H3,(H2,21,22,25). The smallest absolute Gasteiger partial charge is 0.338 e. The van der Waals surface area contributed by atoms with Gasteiger partial charge in [0.2, 0.25) is 0 Å². The SMILES string of the molecule is CCOC(=O)C1=C(COC(=O)c2cccc(Br)c2)NC(=O)NC1c1cccs1. The number of amides is 2. The largest absolute Gasteiger partial charge is 0.463 e. The molecule has 0 saturated carbocycles. The van der Waals surface area contributed by atoms with E-state index in [1.165, 1.54) is 11.3 Å². The van der Waals surface area contributed by atoms with E-state index in [1.807, 2.05) is 17.5 Å². The van der Waals surface area contributed by atoms with Crippen LogP contribution in [0.1, 0.15) is 28.2 Å². The van der Waals surface area contributed by atoms with E-state index in [-0.39, 0.29) is 24.5 Å². The van der Waals surface area contributed by atoms with E-state index in [1.54, 1.807) is 31.2 Å². The number of thiophene rings is 1. The molecule has 1 aromatic carbocycles. The molecule has 0 aliphatic carbocycles. The van der Waals surface area contributed by atoms with Gasteiger partial charge in [-0.15, -0.1) is 11.3 Å². The van der Waals surface area contributed by atoms with Crippen molar-refractivity contribution in [2.75, 3.05) is 13.2 Å². The van der Waals surface area contributed by atoms with Gasteiger partial charge < -0.3 is 20.1 Å². The zero-order valence-electron chi connectivity index (χ0n) is 14.9. The van der Waals surface area contributed by atoms with Crippen molar-refractivity contribution in [3.05, 3.63) is 68.0 Å². The molecule has 0 saturated heterocycles. The van der Waals surface area contributed by atoms with E-state index in [2.05, 4.69) is 26.6 Å². The van der Waals surface area contributed by atoms with Crippen LogP contribution in [0.5, 0.6) is 0 Å². The number of benzene rings is 1. The third-order valence-corrected chi connectivity index (χ3v) is 5.32. The predicted molar refractivity (Wildman–Crippen MR) is 107 cm³/mol. The average Bonchev–Trinajstić information content (AvgIpc) is 3.20. The summed E-state index contributed by atoms with van der Waals surface area (Å²) in [7, 11) is 0. The van der Waals surface area contributed by atoms with Gasteiger partial charge in [-0.1, -0.05) is 28.1 Å². The van der Waals surface area contributed by atoms with Crippen LogP contribution in [0.25, 0.3) is 0 Å². The fourth-order valence-electron chi connectivity index (χ4n) is 2.69. The maximum Gasteiger partial charge on any atom is 0.338 e. The minimum Gasteiger partial charge on any atom is -0.463 e. The van der Waals surface area contributed by atoms with Gasteiger partial charge in [-0.05, 0) is 36.6 Å². The van der Waals surface area contributed by atoms with Crippen LogP contribution in [0.2, 0.25) is 0 Å². The maximum atomic E-state index is 12.6. The number of esters is 2. The summed E-state index contributed by atoms with van der Waals surface area (Å²) in [6, 6.07) is 9.21. The van der Waals surface area contributed by atoms with Crippen LogP contribution in [0, 0.1) is 0 Å². The van der Waals surface area contributed by atoms with Gasteiger partial charge in [0.25, 0.3) is 0 Å². The Morgan fingerprint density at radius 1 is 1.18 bits per heavy atom. The van der Waals surface area contributed by atoms with Crippen molar-refractivity contribution in [3.8, 4) is 0 Å². The molecule has 1 aliphatic rings. The predicted octanol–water partition coefficient (Wildman–Crippen LogP) is 3.54. The molecule has 146 valence electrons. The van der Waals surface area contributed by atoms with Crippen molar-refractivity contribution in [1.29, 1.82) is 0 Å². The van der Waals surface area contributed by atoms with Crippen LogP contribution in [0.15, 0.2) is 57.5 Å². The Balaban J connectivity index is 1.88. The molecule has 1 unspecified atom stereocenters. The highest BCUT2D eigenvalue weighted by Crippen LogP contribution is 2.30. The Hall–Kier alpha value is -2.65. The molecular formula is C19H17BrN2O5S. The van der Waals surface area contributed by atoms with Crippen molar-refractivity contribution in [2.45, 2.75) is 13.0 Å². The molecule has 2 aromatic rings. The molecule has 2 heterocycles. The van der Waals surface area contributed by atoms with Crippen molar-refractivity contribution in [2.24, 2.45) is 0 Å². The first-order chi connectivity index (χ1) is 13.5. The quantitative estimate of drug-likeness (QED) is 0.637. The Bertz CT molecular complexity index is 926. The molecular weight excluding hydrogens is 448 g/mol. The summed E-state index contributed by atoms with van der Waals surface area (Å²) in [4.78, 5) is 37.8. The molecule has 0 bridgehead atoms. The zero-order chi connectivity index (χ0) is 20.1. The molecule has 2 N–H and O–H groups in total. The Kier molecular flexibility index (Phi) is 6.48. The van der Waals surface area contributed by atoms with Gasteiger partial charge in [0.05, 0.1) is 29.5 Å². The molecule has 9 heteroatoms. The lowest BCUT2D eigenvalue weighted by molar-refractivity contribution is -0.139. The van der Waals surface area contributed by atoms with Crippen LogP contribution in [0.3, 0.4) is 0 Å². The van der Waals surface area contributed by atoms with E-state index in [4.69, 9.17) is 9.47 Å². The highest BCUT2D eigenvalue weighted by molar-refractivity contribution is 9.10. The Morgan fingerprint density at radius 3 is 2.68 bits per heavy atom. The lowest BCUT2D eigenvalue weighted by atomic mass is 10.0. The van der Waals surface area contributed by atoms with Gasteiger partial charge >= 0.3 is 18.0 Å². The molecule has 2 amide bonds. The minimum atomic E-state index is -0.674. The molecule has 28 heavy (non-hydrogen) atoms. The Labute approximate surface area is 173 Å². The van der Waals surface area contributed by atoms with Gasteiger partial charge in [0.1, 0.15) is 6.61 Å². The minimum absolute atomic E-state index is 0.179. The number of carbonyl (C=O) groups is 3. The molecule has 7 nitrogen and oxygen atoms in total. The molecule has 1 aliphatic heterocycles. The van der Waals surface area contributed by atoms with E-state index in [0.717, 1.165) is 9.35 Å². The summed E-state index contributed by atoms with van der Waals surface area (Å²) in [6.07, 6.45) is 0. The van der Waals surface area contributed by atoms with Crippen molar-refractivity contribution >= 4 is 45.2 Å². The van der Waals surface area contributed by atoms with Crippen LogP contribution < -0.4 is 10.6 Å². The summed E-state index contributed by atoms with van der Waals surface area (Å²) in [5.41, 5.74) is 0.762. The summed E-state index contributed by atoms with van der Waals surface area (Å²) >= 11 is 4.70. The van der Waals surface area contributed by atoms with Crippen molar-refractivity contribution in [3.63, 3.8) is 0 Å². The van der Waals surface area contributed by atoms with E-state index < -0.39 is 24.0 Å². The summed E-state index contributed by atoms with van der Waals surface area (Å²) in [5, 5.41) is 7.13. The number of rotatable bonds is 6. The second-order valence-electron chi connectivity index (χ2n) is 5.75. The number of ether oxygens (including phenoxy) is 2. The first-order valence-corrected chi connectivity index (χ1v) is 10.1. The number of urea groups is 1. The lowest BCUT2D eigenvalue weighted by Crippen LogP contribution is -2.46. The van der Waals surface area contributed by atoms with E-state index in [9.17, 15) is 14.4 Å². The van der Waals surface area contributed by atoms with Crippen LogP contribution >= 0.6 is 27.3 Å². The van der Waals surface area contributed by atoms with E-state index in [0.29, 0.717) is 5.56 Å². The molecule has 1 atom stereocenters. The second kappa shape index (κ2) is 9.03. The summed E-state index contributed by atoms with van der Waals surface area (Å²) in [6.45, 7) is 1.60. The number of hydrogen-bond acceptors (Lipinski definition) is 6. The van der Waals surface area contributed by atoms with Crippen LogP contribution in [-0.2, 0) is 14.3 Å². The molecule has 0 fully saturated rings. The number of halogens is 1. The number of carbonyl (C=O) groups excluding carboxylic acids is 3. The first kappa shape index (κ1) is 20.1. The molecule has 1 aromatic heterocycles. The monoisotopic (exact) mass is 464 g/mol. The maximum absolute atomic E-state index is 12.6. The van der Waals surface area contributed by atoms with Gasteiger partial charge in [0.15, 0.2) is 0 Å².